The van der Waals surface area contributed by atoms with E-state index in [1.807, 2.05) is 60.8 Å². The zero-order valence-electron chi connectivity index (χ0n) is 13.2. The average Bonchev–Trinajstić information content (AvgIpc) is 3.04. The van der Waals surface area contributed by atoms with E-state index in [2.05, 4.69) is 24.3 Å². The Hall–Kier alpha value is -2.88. The molecule has 0 spiro atoms. The first-order valence-corrected chi connectivity index (χ1v) is 7.66. The molecule has 3 rings (SSSR count). The Labute approximate surface area is 135 Å². The van der Waals surface area contributed by atoms with Gasteiger partial charge in [0.15, 0.2) is 5.82 Å². The molecular weight excluding hydrogens is 286 g/mol. The number of nitrogens with one attached hydrogen (secondary N) is 1. The molecule has 4 nitrogen and oxygen atoms in total. The molecular formula is C19H19N3O. The number of aromatic nitrogens is 2. The van der Waals surface area contributed by atoms with Crippen LogP contribution in [0, 0.1) is 0 Å². The Bertz CT molecular complexity index is 789. The number of rotatable bonds is 4. The molecule has 0 radical (unpaired) electrons. The zero-order valence-corrected chi connectivity index (χ0v) is 13.2. The largest absolute Gasteiger partial charge is 0.305 e. The van der Waals surface area contributed by atoms with Crippen LogP contribution < -0.4 is 5.32 Å². The van der Waals surface area contributed by atoms with Gasteiger partial charge in [-0.15, -0.1) is 0 Å². The molecule has 116 valence electrons. The second kappa shape index (κ2) is 6.48. The number of carbonyl (C=O) groups is 1. The second-order valence-corrected chi connectivity index (χ2v) is 5.71. The standard InChI is InChI=1S/C19H19N3O/c1-14(2)15-8-10-16(11-9-15)19(23)20-18-12-13-22(21-18)17-6-4-3-5-7-17/h3-14H,1-2H3,(H,20,21,23). The minimum absolute atomic E-state index is 0.154. The summed E-state index contributed by atoms with van der Waals surface area (Å²) in [6.45, 7) is 4.26. The summed E-state index contributed by atoms with van der Waals surface area (Å²) in [5.74, 6) is 0.832. The molecule has 0 fully saturated rings. The smallest absolute Gasteiger partial charge is 0.256 e. The average molecular weight is 305 g/mol. The van der Waals surface area contributed by atoms with Crippen molar-refractivity contribution in [2.45, 2.75) is 19.8 Å². The summed E-state index contributed by atoms with van der Waals surface area (Å²) >= 11 is 0. The van der Waals surface area contributed by atoms with E-state index >= 15 is 0 Å². The van der Waals surface area contributed by atoms with E-state index in [9.17, 15) is 4.79 Å². The molecule has 0 bridgehead atoms. The minimum Gasteiger partial charge on any atom is -0.305 e. The number of amides is 1. The lowest BCUT2D eigenvalue weighted by atomic mass is 10.0. The monoisotopic (exact) mass is 305 g/mol. The summed E-state index contributed by atoms with van der Waals surface area (Å²) in [6.07, 6.45) is 1.83. The molecule has 1 heterocycles. The van der Waals surface area contributed by atoms with Gasteiger partial charge in [0, 0.05) is 17.8 Å². The molecule has 3 aromatic rings. The van der Waals surface area contributed by atoms with Gasteiger partial charge in [-0.25, -0.2) is 4.68 Å². The molecule has 0 aliphatic rings. The molecule has 0 atom stereocenters. The Morgan fingerprint density at radius 1 is 1.00 bits per heavy atom. The molecule has 1 amide bonds. The van der Waals surface area contributed by atoms with Crippen LogP contribution in [0.5, 0.6) is 0 Å². The normalized spacial score (nSPS) is 10.7. The summed E-state index contributed by atoms with van der Waals surface area (Å²) in [5, 5.41) is 7.20. The fraction of sp³-hybridized carbons (Fsp3) is 0.158. The summed E-state index contributed by atoms with van der Waals surface area (Å²) in [5.41, 5.74) is 2.80. The van der Waals surface area contributed by atoms with E-state index in [1.54, 1.807) is 10.7 Å². The predicted octanol–water partition coefficient (Wildman–Crippen LogP) is 4.25. The summed E-state index contributed by atoms with van der Waals surface area (Å²) in [4.78, 5) is 12.3. The van der Waals surface area contributed by atoms with Gasteiger partial charge in [0.2, 0.25) is 0 Å². The van der Waals surface area contributed by atoms with Crippen LogP contribution in [-0.4, -0.2) is 15.7 Å². The number of nitrogens with zero attached hydrogens (tertiary/aromatic N) is 2. The Morgan fingerprint density at radius 2 is 1.70 bits per heavy atom. The van der Waals surface area contributed by atoms with E-state index in [4.69, 9.17) is 0 Å². The lowest BCUT2D eigenvalue weighted by molar-refractivity contribution is 0.102. The van der Waals surface area contributed by atoms with Crippen molar-refractivity contribution in [2.75, 3.05) is 5.32 Å². The minimum atomic E-state index is -0.154. The van der Waals surface area contributed by atoms with Crippen LogP contribution in [0.3, 0.4) is 0 Å². The summed E-state index contributed by atoms with van der Waals surface area (Å²) in [6, 6.07) is 19.2. The molecule has 1 aromatic heterocycles. The molecule has 23 heavy (non-hydrogen) atoms. The van der Waals surface area contributed by atoms with Crippen molar-refractivity contribution in [3.63, 3.8) is 0 Å². The number of anilines is 1. The lowest BCUT2D eigenvalue weighted by Crippen LogP contribution is -2.12. The highest BCUT2D eigenvalue weighted by atomic mass is 16.1. The van der Waals surface area contributed by atoms with E-state index < -0.39 is 0 Å². The molecule has 4 heteroatoms. The third-order valence-electron chi connectivity index (χ3n) is 3.69. The molecule has 0 aliphatic heterocycles. The SMILES string of the molecule is CC(C)c1ccc(C(=O)Nc2ccn(-c3ccccc3)n2)cc1. The van der Waals surface area contributed by atoms with Crippen molar-refractivity contribution in [3.8, 4) is 5.69 Å². The van der Waals surface area contributed by atoms with Crippen molar-refractivity contribution in [2.24, 2.45) is 0 Å². The maximum Gasteiger partial charge on any atom is 0.256 e. The number of para-hydroxylation sites is 1. The predicted molar refractivity (Wildman–Crippen MR) is 92.0 cm³/mol. The first kappa shape index (κ1) is 15.0. The van der Waals surface area contributed by atoms with Gasteiger partial charge >= 0.3 is 0 Å². The topological polar surface area (TPSA) is 46.9 Å². The van der Waals surface area contributed by atoms with Gasteiger partial charge in [0.25, 0.3) is 5.91 Å². The third kappa shape index (κ3) is 3.48. The highest BCUT2D eigenvalue weighted by Crippen LogP contribution is 2.16. The van der Waals surface area contributed by atoms with Crippen LogP contribution in [0.1, 0.15) is 35.7 Å². The molecule has 1 N–H and O–H groups in total. The maximum absolute atomic E-state index is 12.3. The summed E-state index contributed by atoms with van der Waals surface area (Å²) < 4.78 is 1.73. The first-order chi connectivity index (χ1) is 11.1. The summed E-state index contributed by atoms with van der Waals surface area (Å²) in [7, 11) is 0. The fourth-order valence-corrected chi connectivity index (χ4v) is 2.32. The molecule has 0 unspecified atom stereocenters. The molecule has 2 aromatic carbocycles. The van der Waals surface area contributed by atoms with Crippen molar-refractivity contribution >= 4 is 11.7 Å². The first-order valence-electron chi connectivity index (χ1n) is 7.66. The number of hydrogen-bond donors (Lipinski definition) is 1. The van der Waals surface area contributed by atoms with Gasteiger partial charge < -0.3 is 5.32 Å². The number of carbonyl (C=O) groups excluding carboxylic acids is 1. The van der Waals surface area contributed by atoms with E-state index in [-0.39, 0.29) is 5.91 Å². The van der Waals surface area contributed by atoms with E-state index in [1.165, 1.54) is 5.56 Å². The van der Waals surface area contributed by atoms with Crippen molar-refractivity contribution < 1.29 is 4.79 Å². The van der Waals surface area contributed by atoms with Crippen molar-refractivity contribution in [1.82, 2.24) is 9.78 Å². The highest BCUT2D eigenvalue weighted by Gasteiger charge is 2.09. The van der Waals surface area contributed by atoms with Crippen molar-refractivity contribution in [1.29, 1.82) is 0 Å². The van der Waals surface area contributed by atoms with Crippen molar-refractivity contribution in [3.05, 3.63) is 78.0 Å². The van der Waals surface area contributed by atoms with Crippen LogP contribution in [0.4, 0.5) is 5.82 Å². The van der Waals surface area contributed by atoms with Gasteiger partial charge in [-0.3, -0.25) is 4.79 Å². The third-order valence-corrected chi connectivity index (χ3v) is 3.69. The Kier molecular flexibility index (Phi) is 4.24. The second-order valence-electron chi connectivity index (χ2n) is 5.71. The Morgan fingerprint density at radius 3 is 2.35 bits per heavy atom. The van der Waals surface area contributed by atoms with E-state index in [0.29, 0.717) is 17.3 Å². The molecule has 0 saturated carbocycles. The molecule has 0 aliphatic carbocycles. The number of benzene rings is 2. The number of hydrogen-bond acceptors (Lipinski definition) is 2. The van der Waals surface area contributed by atoms with Crippen LogP contribution in [0.15, 0.2) is 66.9 Å². The lowest BCUT2D eigenvalue weighted by Gasteiger charge is -2.06. The van der Waals surface area contributed by atoms with Crippen LogP contribution in [0.2, 0.25) is 0 Å². The zero-order chi connectivity index (χ0) is 16.2. The fourth-order valence-electron chi connectivity index (χ4n) is 2.32. The highest BCUT2D eigenvalue weighted by molar-refractivity contribution is 6.03. The van der Waals surface area contributed by atoms with Gasteiger partial charge in [0.1, 0.15) is 0 Å². The van der Waals surface area contributed by atoms with Gasteiger partial charge in [-0.2, -0.15) is 5.10 Å². The maximum atomic E-state index is 12.3. The quantitative estimate of drug-likeness (QED) is 0.783. The van der Waals surface area contributed by atoms with Gasteiger partial charge in [-0.05, 0) is 35.7 Å². The molecule has 0 saturated heterocycles. The van der Waals surface area contributed by atoms with E-state index in [0.717, 1.165) is 5.69 Å². The van der Waals surface area contributed by atoms with Crippen LogP contribution in [-0.2, 0) is 0 Å². The van der Waals surface area contributed by atoms with Crippen LogP contribution in [0.25, 0.3) is 5.69 Å². The Balaban J connectivity index is 1.72. The van der Waals surface area contributed by atoms with Crippen LogP contribution >= 0.6 is 0 Å². The van der Waals surface area contributed by atoms with Gasteiger partial charge in [0.05, 0.1) is 5.69 Å². The van der Waals surface area contributed by atoms with Gasteiger partial charge in [-0.1, -0.05) is 44.2 Å².